The first kappa shape index (κ1) is 18.5. The van der Waals surface area contributed by atoms with Crippen LogP contribution >= 0.6 is 0 Å². The topological polar surface area (TPSA) is 41.6 Å². The Hall–Kier alpha value is -2.33. The van der Waals surface area contributed by atoms with Crippen LogP contribution in [0.1, 0.15) is 30.5 Å². The number of amides is 1. The van der Waals surface area contributed by atoms with Crippen LogP contribution in [0.25, 0.3) is 0 Å². The van der Waals surface area contributed by atoms with Gasteiger partial charge < -0.3 is 15.0 Å². The molecule has 1 unspecified atom stereocenters. The number of carbonyl (C=O) groups excluding carboxylic acids is 1. The number of rotatable bonds is 6. The van der Waals surface area contributed by atoms with Crippen LogP contribution in [0.3, 0.4) is 0 Å². The highest BCUT2D eigenvalue weighted by Gasteiger charge is 2.30. The van der Waals surface area contributed by atoms with E-state index >= 15 is 0 Å². The van der Waals surface area contributed by atoms with Gasteiger partial charge >= 0.3 is 0 Å². The number of nitrogens with zero attached hydrogens (tertiary/aromatic N) is 1. The van der Waals surface area contributed by atoms with Gasteiger partial charge in [0.2, 0.25) is 5.91 Å². The smallest absolute Gasteiger partial charge is 0.239 e. The van der Waals surface area contributed by atoms with Crippen LogP contribution in [0.4, 0.5) is 0 Å². The molecule has 0 aromatic heterocycles. The average Bonchev–Trinajstić information content (AvgIpc) is 2.91. The minimum absolute atomic E-state index is 0.0967. The van der Waals surface area contributed by atoms with Gasteiger partial charge in [-0.3, -0.25) is 4.79 Å². The van der Waals surface area contributed by atoms with Gasteiger partial charge in [-0.15, -0.1) is 0 Å². The second-order valence-corrected chi connectivity index (χ2v) is 7.84. The lowest BCUT2D eigenvalue weighted by Gasteiger charge is -2.22. The summed E-state index contributed by atoms with van der Waals surface area (Å²) >= 11 is 0. The Morgan fingerprint density at radius 1 is 1.15 bits per heavy atom. The van der Waals surface area contributed by atoms with E-state index in [-0.39, 0.29) is 17.6 Å². The Morgan fingerprint density at radius 3 is 2.58 bits per heavy atom. The number of nitrogens with one attached hydrogen (secondary N) is 1. The van der Waals surface area contributed by atoms with E-state index in [9.17, 15) is 4.79 Å². The molecule has 4 heteroatoms. The first-order valence-corrected chi connectivity index (χ1v) is 9.13. The van der Waals surface area contributed by atoms with E-state index in [1.807, 2.05) is 24.3 Å². The first-order valence-electron chi connectivity index (χ1n) is 9.13. The van der Waals surface area contributed by atoms with Crippen LogP contribution in [0.15, 0.2) is 48.5 Å². The Balaban J connectivity index is 1.69. The van der Waals surface area contributed by atoms with E-state index in [1.54, 1.807) is 19.0 Å². The standard InChI is InChI=1S/C22H28N2O2/c1-22(2)14-18-12-17(10-11-20(18)26-22)15-23-19(21(25)24(3)4)13-16-8-6-5-7-9-16/h5-12,19,23H,13-15H2,1-4H3. The Kier molecular flexibility index (Phi) is 5.33. The van der Waals surface area contributed by atoms with Crippen molar-refractivity contribution in [1.29, 1.82) is 0 Å². The summed E-state index contributed by atoms with van der Waals surface area (Å²) in [5.41, 5.74) is 3.44. The minimum atomic E-state index is -0.242. The lowest BCUT2D eigenvalue weighted by atomic mass is 10.00. The SMILES string of the molecule is CN(C)C(=O)C(Cc1ccccc1)NCc1ccc2c(c1)CC(C)(C)O2. The van der Waals surface area contributed by atoms with Gasteiger partial charge in [0.1, 0.15) is 11.4 Å². The van der Waals surface area contributed by atoms with E-state index < -0.39 is 0 Å². The van der Waals surface area contributed by atoms with Crippen molar-refractivity contribution in [2.45, 2.75) is 44.9 Å². The number of hydrogen-bond acceptors (Lipinski definition) is 3. The number of carbonyl (C=O) groups is 1. The molecule has 0 saturated heterocycles. The maximum Gasteiger partial charge on any atom is 0.239 e. The van der Waals surface area contributed by atoms with Crippen molar-refractivity contribution in [2.24, 2.45) is 0 Å². The molecule has 0 bridgehead atoms. The van der Waals surface area contributed by atoms with Crippen molar-refractivity contribution >= 4 is 5.91 Å². The molecule has 0 saturated carbocycles. The van der Waals surface area contributed by atoms with Crippen molar-refractivity contribution in [3.05, 3.63) is 65.2 Å². The van der Waals surface area contributed by atoms with Crippen molar-refractivity contribution in [1.82, 2.24) is 10.2 Å². The Bertz CT molecular complexity index is 769. The van der Waals surface area contributed by atoms with Gasteiger partial charge in [0.15, 0.2) is 0 Å². The lowest BCUT2D eigenvalue weighted by Crippen LogP contribution is -2.44. The van der Waals surface area contributed by atoms with E-state index in [2.05, 4.69) is 43.4 Å². The molecule has 1 N–H and O–H groups in total. The van der Waals surface area contributed by atoms with Crippen LogP contribution < -0.4 is 10.1 Å². The molecular weight excluding hydrogens is 324 g/mol. The monoisotopic (exact) mass is 352 g/mol. The summed E-state index contributed by atoms with van der Waals surface area (Å²) in [6.07, 6.45) is 1.60. The van der Waals surface area contributed by atoms with Crippen LogP contribution in [0.5, 0.6) is 5.75 Å². The molecule has 1 atom stereocenters. The molecular formula is C22H28N2O2. The predicted molar refractivity (Wildman–Crippen MR) is 104 cm³/mol. The number of likely N-dealkylation sites (N-methyl/N-ethyl adjacent to an activating group) is 1. The predicted octanol–water partition coefficient (Wildman–Crippen LogP) is 3.19. The highest BCUT2D eigenvalue weighted by Crippen LogP contribution is 2.35. The molecule has 0 aliphatic carbocycles. The van der Waals surface area contributed by atoms with Gasteiger partial charge in [0, 0.05) is 27.1 Å². The Morgan fingerprint density at radius 2 is 1.88 bits per heavy atom. The summed E-state index contributed by atoms with van der Waals surface area (Å²) in [5.74, 6) is 1.07. The van der Waals surface area contributed by atoms with E-state index in [0.717, 1.165) is 17.7 Å². The van der Waals surface area contributed by atoms with Crippen LogP contribution in [-0.2, 0) is 24.2 Å². The fourth-order valence-electron chi connectivity index (χ4n) is 3.42. The van der Waals surface area contributed by atoms with Crippen molar-refractivity contribution in [2.75, 3.05) is 14.1 Å². The number of fused-ring (bicyclic) bond motifs is 1. The van der Waals surface area contributed by atoms with E-state index in [1.165, 1.54) is 11.1 Å². The quantitative estimate of drug-likeness (QED) is 0.868. The van der Waals surface area contributed by atoms with Gasteiger partial charge in [0.25, 0.3) is 0 Å². The number of ether oxygens (including phenoxy) is 1. The summed E-state index contributed by atoms with van der Waals surface area (Å²) in [6.45, 7) is 4.87. The molecule has 1 heterocycles. The molecule has 4 nitrogen and oxygen atoms in total. The zero-order valence-corrected chi connectivity index (χ0v) is 16.1. The summed E-state index contributed by atoms with van der Waals surface area (Å²) in [6, 6.07) is 16.2. The summed E-state index contributed by atoms with van der Waals surface area (Å²) in [4.78, 5) is 14.2. The molecule has 0 spiro atoms. The zero-order chi connectivity index (χ0) is 18.7. The van der Waals surface area contributed by atoms with Crippen LogP contribution in [0, 0.1) is 0 Å². The van der Waals surface area contributed by atoms with Gasteiger partial charge in [-0.05, 0) is 43.0 Å². The second-order valence-electron chi connectivity index (χ2n) is 7.84. The zero-order valence-electron chi connectivity index (χ0n) is 16.1. The van der Waals surface area contributed by atoms with Gasteiger partial charge in [0.05, 0.1) is 6.04 Å². The largest absolute Gasteiger partial charge is 0.487 e. The molecule has 0 radical (unpaired) electrons. The molecule has 0 fully saturated rings. The van der Waals surface area contributed by atoms with Crippen molar-refractivity contribution < 1.29 is 9.53 Å². The minimum Gasteiger partial charge on any atom is -0.487 e. The van der Waals surface area contributed by atoms with Gasteiger partial charge in [-0.25, -0.2) is 0 Å². The molecule has 1 aliphatic rings. The third kappa shape index (κ3) is 4.44. The highest BCUT2D eigenvalue weighted by molar-refractivity contribution is 5.81. The number of benzene rings is 2. The third-order valence-electron chi connectivity index (χ3n) is 4.70. The maximum absolute atomic E-state index is 12.6. The van der Waals surface area contributed by atoms with Crippen molar-refractivity contribution in [3.8, 4) is 5.75 Å². The molecule has 2 aromatic rings. The first-order chi connectivity index (χ1) is 12.3. The van der Waals surface area contributed by atoms with E-state index in [0.29, 0.717) is 13.0 Å². The molecule has 26 heavy (non-hydrogen) atoms. The highest BCUT2D eigenvalue weighted by atomic mass is 16.5. The van der Waals surface area contributed by atoms with Gasteiger partial charge in [-0.2, -0.15) is 0 Å². The van der Waals surface area contributed by atoms with E-state index in [4.69, 9.17) is 4.74 Å². The third-order valence-corrected chi connectivity index (χ3v) is 4.70. The molecule has 3 rings (SSSR count). The second kappa shape index (κ2) is 7.50. The summed E-state index contributed by atoms with van der Waals surface area (Å²) in [5, 5.41) is 3.45. The maximum atomic E-state index is 12.6. The normalized spacial score (nSPS) is 15.8. The lowest BCUT2D eigenvalue weighted by molar-refractivity contribution is -0.130. The molecule has 1 aliphatic heterocycles. The summed E-state index contributed by atoms with van der Waals surface area (Å²) < 4.78 is 5.94. The Labute approximate surface area is 156 Å². The fourth-order valence-corrected chi connectivity index (χ4v) is 3.42. The molecule has 138 valence electrons. The average molecular weight is 352 g/mol. The van der Waals surface area contributed by atoms with Crippen LogP contribution in [0.2, 0.25) is 0 Å². The fraction of sp³-hybridized carbons (Fsp3) is 0.409. The molecule has 1 amide bonds. The number of hydrogen-bond donors (Lipinski definition) is 1. The van der Waals surface area contributed by atoms with Crippen LogP contribution in [-0.4, -0.2) is 36.5 Å². The molecule has 2 aromatic carbocycles. The van der Waals surface area contributed by atoms with Gasteiger partial charge in [-0.1, -0.05) is 42.5 Å². The van der Waals surface area contributed by atoms with Crippen molar-refractivity contribution in [3.63, 3.8) is 0 Å². The summed E-state index contributed by atoms with van der Waals surface area (Å²) in [7, 11) is 3.60.